The summed E-state index contributed by atoms with van der Waals surface area (Å²) in [4.78, 5) is 15.0. The maximum atomic E-state index is 12.1. The first-order chi connectivity index (χ1) is 8.46. The number of nitrogens with one attached hydrogen (secondary N) is 1. The van der Waals surface area contributed by atoms with E-state index in [0.717, 1.165) is 19.5 Å². The number of halogens is 3. The van der Waals surface area contributed by atoms with E-state index in [1.54, 1.807) is 0 Å². The Morgan fingerprint density at radius 2 is 1.89 bits per heavy atom. The van der Waals surface area contributed by atoms with Crippen LogP contribution in [0.3, 0.4) is 0 Å². The number of hydrogen-bond acceptors (Lipinski definition) is 3. The third-order valence-corrected chi connectivity index (χ3v) is 3.57. The van der Waals surface area contributed by atoms with Crippen LogP contribution in [0.2, 0.25) is 0 Å². The standard InChI is InChI=1S/C11H18F3N3O/c12-11(13,14)7-10(18)17-5-3-16(4-6-17)9-1-2-15-8-9/h9,15H,1-8H2. The van der Waals surface area contributed by atoms with E-state index < -0.39 is 18.5 Å². The average Bonchev–Trinajstić information content (AvgIpc) is 2.80. The van der Waals surface area contributed by atoms with Crippen molar-refractivity contribution in [1.29, 1.82) is 0 Å². The van der Waals surface area contributed by atoms with Gasteiger partial charge in [-0.25, -0.2) is 0 Å². The molecule has 7 heteroatoms. The second kappa shape index (κ2) is 5.44. The largest absolute Gasteiger partial charge is 0.397 e. The second-order valence-electron chi connectivity index (χ2n) is 4.86. The zero-order valence-electron chi connectivity index (χ0n) is 10.2. The monoisotopic (exact) mass is 265 g/mol. The van der Waals surface area contributed by atoms with Crippen molar-refractivity contribution in [3.63, 3.8) is 0 Å². The molecule has 2 rings (SSSR count). The SMILES string of the molecule is O=C(CC(F)(F)F)N1CCN(C2CCNC2)CC1. The molecule has 0 radical (unpaired) electrons. The van der Waals surface area contributed by atoms with Gasteiger partial charge >= 0.3 is 6.18 Å². The Morgan fingerprint density at radius 1 is 1.22 bits per heavy atom. The minimum Gasteiger partial charge on any atom is -0.340 e. The van der Waals surface area contributed by atoms with Crippen LogP contribution in [-0.2, 0) is 4.79 Å². The van der Waals surface area contributed by atoms with Gasteiger partial charge in [-0.3, -0.25) is 9.69 Å². The van der Waals surface area contributed by atoms with Crippen molar-refractivity contribution in [2.24, 2.45) is 0 Å². The molecule has 1 N–H and O–H groups in total. The molecule has 0 aromatic carbocycles. The summed E-state index contributed by atoms with van der Waals surface area (Å²) in [7, 11) is 0. The van der Waals surface area contributed by atoms with Crippen LogP contribution < -0.4 is 5.32 Å². The Balaban J connectivity index is 1.77. The van der Waals surface area contributed by atoms with E-state index in [1.165, 1.54) is 4.90 Å². The van der Waals surface area contributed by atoms with Crippen LogP contribution in [0, 0.1) is 0 Å². The van der Waals surface area contributed by atoms with Crippen LogP contribution in [0.1, 0.15) is 12.8 Å². The summed E-state index contributed by atoms with van der Waals surface area (Å²) < 4.78 is 36.4. The fourth-order valence-electron chi connectivity index (χ4n) is 2.57. The lowest BCUT2D eigenvalue weighted by Crippen LogP contribution is -2.52. The average molecular weight is 265 g/mol. The molecule has 1 atom stereocenters. The molecule has 4 nitrogen and oxygen atoms in total. The Bertz CT molecular complexity index is 294. The maximum absolute atomic E-state index is 12.1. The summed E-state index contributed by atoms with van der Waals surface area (Å²) in [5, 5.41) is 3.26. The Labute approximate surface area is 104 Å². The molecule has 0 aromatic rings. The van der Waals surface area contributed by atoms with Gasteiger partial charge in [0.25, 0.3) is 0 Å². The van der Waals surface area contributed by atoms with Crippen molar-refractivity contribution in [3.05, 3.63) is 0 Å². The van der Waals surface area contributed by atoms with Gasteiger partial charge in [0.15, 0.2) is 0 Å². The quantitative estimate of drug-likeness (QED) is 0.787. The smallest absolute Gasteiger partial charge is 0.340 e. The minimum atomic E-state index is -4.40. The molecular formula is C11H18F3N3O. The van der Waals surface area contributed by atoms with E-state index in [0.29, 0.717) is 32.2 Å². The van der Waals surface area contributed by atoms with Crippen molar-refractivity contribution in [2.75, 3.05) is 39.3 Å². The first-order valence-electron chi connectivity index (χ1n) is 6.25. The molecule has 18 heavy (non-hydrogen) atoms. The summed E-state index contributed by atoms with van der Waals surface area (Å²) in [6.07, 6.45) is -4.65. The van der Waals surface area contributed by atoms with Crippen LogP contribution in [0.4, 0.5) is 13.2 Å². The van der Waals surface area contributed by atoms with Crippen molar-refractivity contribution in [2.45, 2.75) is 25.1 Å². The number of alkyl halides is 3. The lowest BCUT2D eigenvalue weighted by molar-refractivity contribution is -0.162. The van der Waals surface area contributed by atoms with Crippen LogP contribution in [0.25, 0.3) is 0 Å². The molecular weight excluding hydrogens is 247 g/mol. The fourth-order valence-corrected chi connectivity index (χ4v) is 2.57. The molecule has 0 bridgehead atoms. The van der Waals surface area contributed by atoms with Crippen molar-refractivity contribution >= 4 is 5.91 Å². The highest BCUT2D eigenvalue weighted by molar-refractivity contribution is 5.76. The zero-order valence-corrected chi connectivity index (χ0v) is 10.2. The summed E-state index contributed by atoms with van der Waals surface area (Å²) >= 11 is 0. The number of carbonyl (C=O) groups is 1. The Kier molecular flexibility index (Phi) is 4.11. The fraction of sp³-hybridized carbons (Fsp3) is 0.909. The predicted molar refractivity (Wildman–Crippen MR) is 60.1 cm³/mol. The number of nitrogens with zero attached hydrogens (tertiary/aromatic N) is 2. The van der Waals surface area contributed by atoms with E-state index in [2.05, 4.69) is 10.2 Å². The van der Waals surface area contributed by atoms with Gasteiger partial charge in [-0.15, -0.1) is 0 Å². The first kappa shape index (κ1) is 13.6. The van der Waals surface area contributed by atoms with Gasteiger partial charge in [-0.05, 0) is 13.0 Å². The van der Waals surface area contributed by atoms with Crippen LogP contribution in [0.5, 0.6) is 0 Å². The lowest BCUT2D eigenvalue weighted by atomic mass is 10.2. The van der Waals surface area contributed by atoms with Gasteiger partial charge in [-0.1, -0.05) is 0 Å². The summed E-state index contributed by atoms with van der Waals surface area (Å²) in [5.41, 5.74) is 0. The third-order valence-electron chi connectivity index (χ3n) is 3.57. The molecule has 104 valence electrons. The highest BCUT2D eigenvalue weighted by Gasteiger charge is 2.35. The molecule has 0 saturated carbocycles. The van der Waals surface area contributed by atoms with Crippen LogP contribution in [0.15, 0.2) is 0 Å². The van der Waals surface area contributed by atoms with E-state index in [4.69, 9.17) is 0 Å². The minimum absolute atomic E-state index is 0.408. The molecule has 2 aliphatic rings. The van der Waals surface area contributed by atoms with E-state index >= 15 is 0 Å². The summed E-state index contributed by atoms with van der Waals surface area (Å²) in [5.74, 6) is -0.799. The zero-order chi connectivity index (χ0) is 13.2. The first-order valence-corrected chi connectivity index (χ1v) is 6.25. The summed E-state index contributed by atoms with van der Waals surface area (Å²) in [6.45, 7) is 4.11. The predicted octanol–water partition coefficient (Wildman–Crippen LogP) is 0.445. The maximum Gasteiger partial charge on any atom is 0.397 e. The molecule has 2 aliphatic heterocycles. The van der Waals surface area contributed by atoms with Gasteiger partial charge in [0.1, 0.15) is 6.42 Å². The second-order valence-corrected chi connectivity index (χ2v) is 4.86. The highest BCUT2D eigenvalue weighted by atomic mass is 19.4. The van der Waals surface area contributed by atoms with E-state index in [-0.39, 0.29) is 0 Å². The van der Waals surface area contributed by atoms with Gasteiger partial charge in [0.2, 0.25) is 5.91 Å². The molecule has 0 spiro atoms. The van der Waals surface area contributed by atoms with Gasteiger partial charge in [0.05, 0.1) is 0 Å². The molecule has 1 unspecified atom stereocenters. The highest BCUT2D eigenvalue weighted by Crippen LogP contribution is 2.21. The molecule has 0 aliphatic carbocycles. The number of rotatable bonds is 2. The topological polar surface area (TPSA) is 35.6 Å². The number of amides is 1. The third kappa shape index (κ3) is 3.58. The lowest BCUT2D eigenvalue weighted by Gasteiger charge is -2.37. The Morgan fingerprint density at radius 3 is 2.39 bits per heavy atom. The van der Waals surface area contributed by atoms with Gasteiger partial charge in [0, 0.05) is 38.8 Å². The van der Waals surface area contributed by atoms with Gasteiger partial charge in [-0.2, -0.15) is 13.2 Å². The van der Waals surface area contributed by atoms with Crippen LogP contribution in [-0.4, -0.2) is 67.2 Å². The van der Waals surface area contributed by atoms with Crippen molar-refractivity contribution in [3.8, 4) is 0 Å². The molecule has 2 saturated heterocycles. The molecule has 1 amide bonds. The van der Waals surface area contributed by atoms with Crippen molar-refractivity contribution < 1.29 is 18.0 Å². The Hall–Kier alpha value is -0.820. The van der Waals surface area contributed by atoms with Gasteiger partial charge < -0.3 is 10.2 Å². The van der Waals surface area contributed by atoms with E-state index in [9.17, 15) is 18.0 Å². The van der Waals surface area contributed by atoms with E-state index in [1.807, 2.05) is 0 Å². The number of carbonyl (C=O) groups excluding carboxylic acids is 1. The van der Waals surface area contributed by atoms with Crippen molar-refractivity contribution in [1.82, 2.24) is 15.1 Å². The molecule has 0 aromatic heterocycles. The molecule has 2 fully saturated rings. The van der Waals surface area contributed by atoms with Crippen LogP contribution >= 0.6 is 0 Å². The number of hydrogen-bond donors (Lipinski definition) is 1. The number of piperazine rings is 1. The normalized spacial score (nSPS) is 26.6. The molecule has 2 heterocycles. The summed E-state index contributed by atoms with van der Waals surface area (Å²) in [6, 6.07) is 0.477.